The van der Waals surface area contributed by atoms with Crippen LogP contribution < -0.4 is 11.1 Å². The van der Waals surface area contributed by atoms with Gasteiger partial charge >= 0.3 is 0 Å². The van der Waals surface area contributed by atoms with Gasteiger partial charge in [-0.3, -0.25) is 4.99 Å². The Labute approximate surface area is 108 Å². The number of nitrogens with one attached hydrogen (secondary N) is 1. The monoisotopic (exact) mass is 269 g/mol. The molecule has 1 aromatic carbocycles. The van der Waals surface area contributed by atoms with Gasteiger partial charge in [0.25, 0.3) is 0 Å². The van der Waals surface area contributed by atoms with Gasteiger partial charge in [0.15, 0.2) is 5.96 Å². The highest BCUT2D eigenvalue weighted by Crippen LogP contribution is 2.29. The highest BCUT2D eigenvalue weighted by Gasteiger charge is 2.10. The zero-order valence-electron chi connectivity index (χ0n) is 9.44. The van der Waals surface area contributed by atoms with E-state index in [1.54, 1.807) is 6.07 Å². The number of aromatic nitrogens is 2. The van der Waals surface area contributed by atoms with E-state index in [4.69, 9.17) is 17.3 Å². The van der Waals surface area contributed by atoms with Crippen LogP contribution >= 0.6 is 23.3 Å². The van der Waals surface area contributed by atoms with Crippen LogP contribution in [-0.4, -0.2) is 20.7 Å². The smallest absolute Gasteiger partial charge is 0.193 e. The number of aliphatic imine (C=N–C) groups is 1. The van der Waals surface area contributed by atoms with Crippen LogP contribution in [-0.2, 0) is 0 Å². The van der Waals surface area contributed by atoms with E-state index in [9.17, 15) is 0 Å². The first-order chi connectivity index (χ1) is 8.08. The van der Waals surface area contributed by atoms with Gasteiger partial charge in [-0.05, 0) is 26.0 Å². The van der Waals surface area contributed by atoms with Crippen molar-refractivity contribution >= 4 is 46.0 Å². The number of nitrogens with zero attached hydrogens (tertiary/aromatic N) is 3. The molecule has 0 unspecified atom stereocenters. The molecule has 0 aliphatic carbocycles. The fourth-order valence-electron chi connectivity index (χ4n) is 1.38. The van der Waals surface area contributed by atoms with E-state index in [1.807, 2.05) is 19.9 Å². The molecule has 1 aromatic heterocycles. The molecule has 0 atom stereocenters. The first-order valence-corrected chi connectivity index (χ1v) is 6.20. The molecule has 0 radical (unpaired) electrons. The predicted molar refractivity (Wildman–Crippen MR) is 72.8 cm³/mol. The predicted octanol–water partition coefficient (Wildman–Crippen LogP) is 2.48. The lowest BCUT2D eigenvalue weighted by Gasteiger charge is -2.08. The van der Waals surface area contributed by atoms with Gasteiger partial charge < -0.3 is 11.1 Å². The second-order valence-corrected chi connectivity index (χ2v) is 4.72. The molecule has 3 N–H and O–H groups in total. The summed E-state index contributed by atoms with van der Waals surface area (Å²) in [6, 6.07) is 3.70. The number of rotatable bonds is 2. The van der Waals surface area contributed by atoms with Crippen molar-refractivity contribution in [2.75, 3.05) is 5.32 Å². The number of guanidine groups is 1. The van der Waals surface area contributed by atoms with E-state index in [1.165, 1.54) is 0 Å². The first-order valence-electron chi connectivity index (χ1n) is 5.09. The molecule has 1 heterocycles. The van der Waals surface area contributed by atoms with Crippen LogP contribution in [0.4, 0.5) is 5.69 Å². The van der Waals surface area contributed by atoms with Gasteiger partial charge in [-0.25, -0.2) is 0 Å². The number of halogens is 1. The van der Waals surface area contributed by atoms with Crippen LogP contribution in [0, 0.1) is 0 Å². The molecule has 0 saturated heterocycles. The van der Waals surface area contributed by atoms with Gasteiger partial charge in [-0.1, -0.05) is 11.6 Å². The van der Waals surface area contributed by atoms with Crippen molar-refractivity contribution in [2.45, 2.75) is 19.9 Å². The number of hydrogen-bond donors (Lipinski definition) is 2. The van der Waals surface area contributed by atoms with E-state index in [2.05, 4.69) is 19.1 Å². The molecule has 0 saturated carbocycles. The quantitative estimate of drug-likeness (QED) is 0.649. The molecule has 2 rings (SSSR count). The molecular weight excluding hydrogens is 258 g/mol. The third-order valence-corrected chi connectivity index (χ3v) is 2.88. The molecule has 17 heavy (non-hydrogen) atoms. The third-order valence-electron chi connectivity index (χ3n) is 2.03. The summed E-state index contributed by atoms with van der Waals surface area (Å²) in [5, 5.41) is 3.52. The van der Waals surface area contributed by atoms with Crippen LogP contribution in [0.3, 0.4) is 0 Å². The lowest BCUT2D eigenvalue weighted by molar-refractivity contribution is 0.833. The number of benzene rings is 1. The second-order valence-electron chi connectivity index (χ2n) is 3.79. The molecule has 0 aliphatic rings. The Balaban J connectivity index is 2.41. The van der Waals surface area contributed by atoms with Crippen molar-refractivity contribution in [1.82, 2.24) is 8.75 Å². The Hall–Kier alpha value is -1.40. The highest BCUT2D eigenvalue weighted by atomic mass is 35.5. The minimum Gasteiger partial charge on any atom is -0.370 e. The van der Waals surface area contributed by atoms with E-state index in [0.29, 0.717) is 22.2 Å². The maximum atomic E-state index is 6.10. The summed E-state index contributed by atoms with van der Waals surface area (Å²) in [6.07, 6.45) is 0. The van der Waals surface area contributed by atoms with Crippen LogP contribution in [0.15, 0.2) is 17.1 Å². The molecule has 0 bridgehead atoms. The van der Waals surface area contributed by atoms with Crippen molar-refractivity contribution < 1.29 is 0 Å². The standard InChI is InChI=1S/C10H12ClN5S/c1-5(2)13-10(12)14-8-6(11)3-4-7-9(8)16-17-15-7/h3-5H,1-2H3,(H3,12,13,14). The largest absolute Gasteiger partial charge is 0.370 e. The highest BCUT2D eigenvalue weighted by molar-refractivity contribution is 7.00. The van der Waals surface area contributed by atoms with Crippen LogP contribution in [0.1, 0.15) is 13.8 Å². The second kappa shape index (κ2) is 4.85. The van der Waals surface area contributed by atoms with Gasteiger partial charge in [0, 0.05) is 6.04 Å². The number of fused-ring (bicyclic) bond motifs is 1. The summed E-state index contributed by atoms with van der Waals surface area (Å²) in [5.41, 5.74) is 7.93. The number of nitrogens with two attached hydrogens (primary N) is 1. The fourth-order valence-corrected chi connectivity index (χ4v) is 2.13. The van der Waals surface area contributed by atoms with E-state index in [-0.39, 0.29) is 6.04 Å². The summed E-state index contributed by atoms with van der Waals surface area (Å²) < 4.78 is 8.32. The minimum absolute atomic E-state index is 0.119. The number of hydrogen-bond acceptors (Lipinski definition) is 4. The molecule has 90 valence electrons. The van der Waals surface area contributed by atoms with Crippen molar-refractivity contribution in [3.05, 3.63) is 17.2 Å². The van der Waals surface area contributed by atoms with Gasteiger partial charge in [-0.2, -0.15) is 8.75 Å². The normalized spacial score (nSPS) is 12.4. The average molecular weight is 270 g/mol. The topological polar surface area (TPSA) is 76.2 Å². The van der Waals surface area contributed by atoms with E-state index in [0.717, 1.165) is 17.2 Å². The Bertz CT molecular complexity index is 563. The average Bonchev–Trinajstić information content (AvgIpc) is 2.69. The van der Waals surface area contributed by atoms with Crippen molar-refractivity contribution in [3.63, 3.8) is 0 Å². The molecule has 5 nitrogen and oxygen atoms in total. The maximum absolute atomic E-state index is 6.10. The summed E-state index contributed by atoms with van der Waals surface area (Å²) in [5.74, 6) is 0.322. The molecule has 7 heteroatoms. The SMILES string of the molecule is CC(C)N=C(N)Nc1c(Cl)ccc2nsnc12. The number of anilines is 1. The van der Waals surface area contributed by atoms with E-state index >= 15 is 0 Å². The van der Waals surface area contributed by atoms with Crippen LogP contribution in [0.5, 0.6) is 0 Å². The molecule has 2 aromatic rings. The Morgan fingerprint density at radius 1 is 1.47 bits per heavy atom. The Morgan fingerprint density at radius 3 is 2.94 bits per heavy atom. The molecule has 0 amide bonds. The van der Waals surface area contributed by atoms with Gasteiger partial charge in [0.1, 0.15) is 11.0 Å². The minimum atomic E-state index is 0.119. The zero-order chi connectivity index (χ0) is 12.4. The van der Waals surface area contributed by atoms with Gasteiger partial charge in [-0.15, -0.1) is 0 Å². The molecule has 0 fully saturated rings. The Kier molecular flexibility index (Phi) is 3.44. The van der Waals surface area contributed by atoms with Crippen LogP contribution in [0.25, 0.3) is 11.0 Å². The summed E-state index contributed by atoms with van der Waals surface area (Å²) in [6.45, 7) is 3.89. The lowest BCUT2D eigenvalue weighted by atomic mass is 10.2. The Morgan fingerprint density at radius 2 is 2.24 bits per heavy atom. The molecule has 0 spiro atoms. The summed E-state index contributed by atoms with van der Waals surface area (Å²) in [7, 11) is 0. The molecular formula is C10H12ClN5S. The van der Waals surface area contributed by atoms with Crippen molar-refractivity contribution in [2.24, 2.45) is 10.7 Å². The van der Waals surface area contributed by atoms with E-state index < -0.39 is 0 Å². The molecule has 0 aliphatic heterocycles. The van der Waals surface area contributed by atoms with Gasteiger partial charge in [0.05, 0.1) is 22.4 Å². The maximum Gasteiger partial charge on any atom is 0.193 e. The zero-order valence-corrected chi connectivity index (χ0v) is 11.0. The van der Waals surface area contributed by atoms with Crippen LogP contribution in [0.2, 0.25) is 5.02 Å². The van der Waals surface area contributed by atoms with Crippen molar-refractivity contribution in [3.8, 4) is 0 Å². The third kappa shape index (κ3) is 2.65. The summed E-state index contributed by atoms with van der Waals surface area (Å²) in [4.78, 5) is 4.18. The van der Waals surface area contributed by atoms with Gasteiger partial charge in [0.2, 0.25) is 0 Å². The fraction of sp³-hybridized carbons (Fsp3) is 0.300. The lowest BCUT2D eigenvalue weighted by Crippen LogP contribution is -2.24. The summed E-state index contributed by atoms with van der Waals surface area (Å²) >= 11 is 7.24. The first kappa shape index (κ1) is 12.1. The van der Waals surface area contributed by atoms with Crippen molar-refractivity contribution in [1.29, 1.82) is 0 Å².